The molecule has 0 radical (unpaired) electrons. The summed E-state index contributed by atoms with van der Waals surface area (Å²) in [5.74, 6) is 0.348. The molecule has 3 N–H and O–H groups in total. The van der Waals surface area contributed by atoms with E-state index in [0.717, 1.165) is 11.3 Å². The standard InChI is InChI=1S/C21H22ClN3O4/c1-13(26)23-15-5-7-17(22)19(12-15)25-20(27)3-2-10-29-16-6-8-18-14(11-16)4-9-21(28)24-18/h5-8,11-12H,2-4,9-10H2,1H3,(H,23,26)(H,24,28)(H,25,27). The van der Waals surface area contributed by atoms with Crippen molar-refractivity contribution in [1.82, 2.24) is 0 Å². The van der Waals surface area contributed by atoms with Crippen molar-refractivity contribution in [2.45, 2.75) is 32.6 Å². The molecule has 7 nitrogen and oxygen atoms in total. The Morgan fingerprint density at radius 2 is 1.97 bits per heavy atom. The lowest BCUT2D eigenvalue weighted by atomic mass is 10.0. The molecule has 0 saturated heterocycles. The summed E-state index contributed by atoms with van der Waals surface area (Å²) in [6, 6.07) is 10.4. The lowest BCUT2D eigenvalue weighted by Gasteiger charge is -2.17. The van der Waals surface area contributed by atoms with Crippen molar-refractivity contribution < 1.29 is 19.1 Å². The van der Waals surface area contributed by atoms with Crippen molar-refractivity contribution in [3.63, 3.8) is 0 Å². The molecule has 2 aromatic carbocycles. The predicted molar refractivity (Wildman–Crippen MR) is 113 cm³/mol. The summed E-state index contributed by atoms with van der Waals surface area (Å²) in [7, 11) is 0. The Kier molecular flexibility index (Phi) is 6.72. The molecule has 0 spiro atoms. The van der Waals surface area contributed by atoms with Crippen LogP contribution in [0.15, 0.2) is 36.4 Å². The number of hydrogen-bond donors (Lipinski definition) is 3. The Balaban J connectivity index is 1.46. The second kappa shape index (κ2) is 9.43. The Labute approximate surface area is 173 Å². The van der Waals surface area contributed by atoms with Gasteiger partial charge in [0.25, 0.3) is 0 Å². The molecular formula is C21H22ClN3O4. The molecule has 29 heavy (non-hydrogen) atoms. The summed E-state index contributed by atoms with van der Waals surface area (Å²) < 4.78 is 5.72. The molecule has 2 aromatic rings. The minimum atomic E-state index is -0.202. The highest BCUT2D eigenvalue weighted by Gasteiger charge is 2.15. The van der Waals surface area contributed by atoms with Crippen LogP contribution in [-0.2, 0) is 20.8 Å². The van der Waals surface area contributed by atoms with Gasteiger partial charge in [0.2, 0.25) is 17.7 Å². The number of halogens is 1. The first-order chi connectivity index (χ1) is 13.9. The second-order valence-electron chi connectivity index (χ2n) is 6.74. The maximum atomic E-state index is 12.2. The zero-order chi connectivity index (χ0) is 20.8. The van der Waals surface area contributed by atoms with Crippen LogP contribution in [0.3, 0.4) is 0 Å². The fourth-order valence-corrected chi connectivity index (χ4v) is 3.15. The molecule has 3 amide bonds. The Bertz CT molecular complexity index is 946. The SMILES string of the molecule is CC(=O)Nc1ccc(Cl)c(NC(=O)CCCOc2ccc3c(c2)CCC(=O)N3)c1. The van der Waals surface area contributed by atoms with Crippen molar-refractivity contribution in [2.24, 2.45) is 0 Å². The molecule has 0 bridgehead atoms. The third kappa shape index (κ3) is 5.96. The van der Waals surface area contributed by atoms with Crippen LogP contribution in [0.25, 0.3) is 0 Å². The van der Waals surface area contributed by atoms with Gasteiger partial charge in [-0.2, -0.15) is 0 Å². The Morgan fingerprint density at radius 1 is 1.14 bits per heavy atom. The predicted octanol–water partition coefficient (Wildman–Crippen LogP) is 3.98. The van der Waals surface area contributed by atoms with Crippen LogP contribution in [-0.4, -0.2) is 24.3 Å². The van der Waals surface area contributed by atoms with E-state index >= 15 is 0 Å². The molecule has 152 valence electrons. The number of fused-ring (bicyclic) bond motifs is 1. The molecule has 1 heterocycles. The van der Waals surface area contributed by atoms with Crippen LogP contribution < -0.4 is 20.7 Å². The number of hydrogen-bond acceptors (Lipinski definition) is 4. The van der Waals surface area contributed by atoms with Gasteiger partial charge in [0.1, 0.15) is 5.75 Å². The molecule has 3 rings (SSSR count). The molecule has 0 saturated carbocycles. The zero-order valence-corrected chi connectivity index (χ0v) is 16.8. The number of carbonyl (C=O) groups excluding carboxylic acids is 3. The van der Waals surface area contributed by atoms with Crippen LogP contribution in [0, 0.1) is 0 Å². The molecule has 0 aliphatic carbocycles. The summed E-state index contributed by atoms with van der Waals surface area (Å²) in [4.78, 5) is 34.7. The number of nitrogens with one attached hydrogen (secondary N) is 3. The van der Waals surface area contributed by atoms with Crippen molar-refractivity contribution in [3.8, 4) is 5.75 Å². The summed E-state index contributed by atoms with van der Waals surface area (Å²) in [5.41, 5.74) is 2.88. The van der Waals surface area contributed by atoms with Crippen LogP contribution in [0.4, 0.5) is 17.1 Å². The average Bonchev–Trinajstić information content (AvgIpc) is 2.67. The summed E-state index contributed by atoms with van der Waals surface area (Å²) in [6.07, 6.45) is 1.96. The quantitative estimate of drug-likeness (QED) is 0.596. The molecule has 1 aliphatic rings. The van der Waals surface area contributed by atoms with Crippen molar-refractivity contribution in [3.05, 3.63) is 47.0 Å². The van der Waals surface area contributed by atoms with E-state index in [4.69, 9.17) is 16.3 Å². The van der Waals surface area contributed by atoms with Crippen LogP contribution in [0.1, 0.15) is 31.7 Å². The lowest BCUT2D eigenvalue weighted by molar-refractivity contribution is -0.117. The van der Waals surface area contributed by atoms with Gasteiger partial charge in [-0.1, -0.05) is 11.6 Å². The van der Waals surface area contributed by atoms with Gasteiger partial charge in [-0.3, -0.25) is 14.4 Å². The van der Waals surface area contributed by atoms with Gasteiger partial charge in [-0.05, 0) is 54.8 Å². The highest BCUT2D eigenvalue weighted by atomic mass is 35.5. The number of aryl methyl sites for hydroxylation is 1. The van der Waals surface area contributed by atoms with E-state index in [1.165, 1.54) is 6.92 Å². The van der Waals surface area contributed by atoms with E-state index in [9.17, 15) is 14.4 Å². The molecule has 1 aliphatic heterocycles. The highest BCUT2D eigenvalue weighted by molar-refractivity contribution is 6.33. The van der Waals surface area contributed by atoms with Crippen molar-refractivity contribution in [1.29, 1.82) is 0 Å². The number of carbonyl (C=O) groups is 3. The van der Waals surface area contributed by atoms with Crippen LogP contribution >= 0.6 is 11.6 Å². The highest BCUT2D eigenvalue weighted by Crippen LogP contribution is 2.27. The fraction of sp³-hybridized carbons (Fsp3) is 0.286. The number of rotatable bonds is 7. The maximum absolute atomic E-state index is 12.2. The minimum absolute atomic E-state index is 0.0277. The first-order valence-corrected chi connectivity index (χ1v) is 9.71. The normalized spacial score (nSPS) is 12.6. The molecule has 0 fully saturated rings. The summed E-state index contributed by atoms with van der Waals surface area (Å²) in [6.45, 7) is 1.80. The smallest absolute Gasteiger partial charge is 0.224 e. The van der Waals surface area contributed by atoms with E-state index < -0.39 is 0 Å². The first kappa shape index (κ1) is 20.7. The van der Waals surface area contributed by atoms with Crippen molar-refractivity contribution >= 4 is 46.4 Å². The van der Waals surface area contributed by atoms with Crippen LogP contribution in [0.5, 0.6) is 5.75 Å². The molecule has 0 unspecified atom stereocenters. The third-order valence-electron chi connectivity index (χ3n) is 4.35. The van der Waals surface area contributed by atoms with E-state index in [2.05, 4.69) is 16.0 Å². The summed E-state index contributed by atoms with van der Waals surface area (Å²) in [5, 5.41) is 8.62. The van der Waals surface area contributed by atoms with E-state index in [0.29, 0.717) is 48.0 Å². The Hall–Kier alpha value is -3.06. The number of amides is 3. The van der Waals surface area contributed by atoms with E-state index in [1.807, 2.05) is 12.1 Å². The van der Waals surface area contributed by atoms with Gasteiger partial charge in [0.15, 0.2) is 0 Å². The molecule has 8 heteroatoms. The average molecular weight is 416 g/mol. The van der Waals surface area contributed by atoms with Crippen molar-refractivity contribution in [2.75, 3.05) is 22.6 Å². The first-order valence-electron chi connectivity index (χ1n) is 9.33. The van der Waals surface area contributed by atoms with Gasteiger partial charge >= 0.3 is 0 Å². The number of benzene rings is 2. The second-order valence-corrected chi connectivity index (χ2v) is 7.15. The topological polar surface area (TPSA) is 96.5 Å². The van der Waals surface area contributed by atoms with Gasteiger partial charge in [-0.25, -0.2) is 0 Å². The maximum Gasteiger partial charge on any atom is 0.224 e. The minimum Gasteiger partial charge on any atom is -0.494 e. The van der Waals surface area contributed by atoms with Crippen LogP contribution in [0.2, 0.25) is 5.02 Å². The molecule has 0 atom stereocenters. The third-order valence-corrected chi connectivity index (χ3v) is 4.68. The van der Waals surface area contributed by atoms with Gasteiger partial charge in [-0.15, -0.1) is 0 Å². The lowest BCUT2D eigenvalue weighted by Crippen LogP contribution is -2.18. The molecule has 0 aromatic heterocycles. The van der Waals surface area contributed by atoms with E-state index in [-0.39, 0.29) is 24.1 Å². The number of ether oxygens (including phenoxy) is 1. The molecular weight excluding hydrogens is 394 g/mol. The van der Waals surface area contributed by atoms with Gasteiger partial charge in [0.05, 0.1) is 17.3 Å². The van der Waals surface area contributed by atoms with E-state index in [1.54, 1.807) is 24.3 Å². The Morgan fingerprint density at radius 3 is 2.76 bits per heavy atom. The van der Waals surface area contributed by atoms with Gasteiger partial charge < -0.3 is 20.7 Å². The number of anilines is 3. The summed E-state index contributed by atoms with van der Waals surface area (Å²) >= 11 is 6.11. The monoisotopic (exact) mass is 415 g/mol. The van der Waals surface area contributed by atoms with Gasteiger partial charge in [0, 0.05) is 31.1 Å². The fourth-order valence-electron chi connectivity index (χ4n) is 2.99. The zero-order valence-electron chi connectivity index (χ0n) is 16.0. The largest absolute Gasteiger partial charge is 0.494 e.